The van der Waals surface area contributed by atoms with Crippen LogP contribution in [0.15, 0.2) is 48.5 Å². The molecule has 0 saturated carbocycles. The fourth-order valence-corrected chi connectivity index (χ4v) is 5.41. The van der Waals surface area contributed by atoms with Gasteiger partial charge < -0.3 is 0 Å². The largest absolute Gasteiger partial charge is 0.298 e. The number of nitrogens with zero attached hydrogens (tertiary/aromatic N) is 2. The Morgan fingerprint density at radius 2 is 1.90 bits per heavy atom. The SMILES string of the molecule is C#CCN1C(=O)[C@]2(N[C@H](C)[C@H]3C(=O)N(c4cccc(Cl)c4)C(=O)[C@@H]32)c2ccccc21. The number of carbonyl (C=O) groups excluding carboxylic acids is 3. The minimum absolute atomic E-state index is 0.0885. The number of benzene rings is 2. The molecule has 7 heteroatoms. The van der Waals surface area contributed by atoms with Crippen LogP contribution in [-0.2, 0) is 19.9 Å². The molecule has 0 aliphatic carbocycles. The molecular formula is C23H18ClN3O3. The zero-order chi connectivity index (χ0) is 21.2. The van der Waals surface area contributed by atoms with E-state index in [0.29, 0.717) is 22.0 Å². The summed E-state index contributed by atoms with van der Waals surface area (Å²) in [5, 5.41) is 3.74. The normalized spacial score (nSPS) is 29.5. The molecule has 3 amide bonds. The lowest BCUT2D eigenvalue weighted by Crippen LogP contribution is -2.55. The molecule has 30 heavy (non-hydrogen) atoms. The van der Waals surface area contributed by atoms with Crippen molar-refractivity contribution in [3.63, 3.8) is 0 Å². The summed E-state index contributed by atoms with van der Waals surface area (Å²) in [4.78, 5) is 43.4. The van der Waals surface area contributed by atoms with Gasteiger partial charge >= 0.3 is 0 Å². The molecule has 1 N–H and O–H groups in total. The first-order valence-electron chi connectivity index (χ1n) is 9.68. The number of nitrogens with one attached hydrogen (secondary N) is 1. The van der Waals surface area contributed by atoms with E-state index in [1.54, 1.807) is 24.3 Å². The predicted molar refractivity (Wildman–Crippen MR) is 113 cm³/mol. The van der Waals surface area contributed by atoms with Crippen LogP contribution in [0.2, 0.25) is 5.02 Å². The highest BCUT2D eigenvalue weighted by atomic mass is 35.5. The summed E-state index contributed by atoms with van der Waals surface area (Å²) in [7, 11) is 0. The van der Waals surface area contributed by atoms with Crippen molar-refractivity contribution < 1.29 is 14.4 Å². The Kier molecular flexibility index (Phi) is 4.04. The Morgan fingerprint density at radius 1 is 1.13 bits per heavy atom. The second-order valence-electron chi connectivity index (χ2n) is 7.85. The number of para-hydroxylation sites is 1. The van der Waals surface area contributed by atoms with E-state index in [9.17, 15) is 14.4 Å². The van der Waals surface area contributed by atoms with Crippen molar-refractivity contribution in [1.82, 2.24) is 5.32 Å². The molecule has 0 radical (unpaired) electrons. The molecule has 2 saturated heterocycles. The van der Waals surface area contributed by atoms with Crippen molar-refractivity contribution in [3.8, 4) is 12.3 Å². The summed E-state index contributed by atoms with van der Waals surface area (Å²) < 4.78 is 0. The van der Waals surface area contributed by atoms with E-state index in [0.717, 1.165) is 0 Å². The standard InChI is InChI=1S/C23H18ClN3O3/c1-3-11-26-17-10-5-4-9-16(17)23(22(26)30)19-18(13(2)25-23)20(28)27(21(19)29)15-8-6-7-14(24)12-15/h1,4-10,12-13,18-19,25H,11H2,2H3/t13-,18-,19-,23+/m1/s1. The fourth-order valence-electron chi connectivity index (χ4n) is 5.23. The van der Waals surface area contributed by atoms with Crippen LogP contribution < -0.4 is 15.1 Å². The highest BCUT2D eigenvalue weighted by Crippen LogP contribution is 2.54. The fraction of sp³-hybridized carbons (Fsp3) is 0.261. The summed E-state index contributed by atoms with van der Waals surface area (Å²) in [6.07, 6.45) is 5.50. The highest BCUT2D eigenvalue weighted by Gasteiger charge is 2.71. The van der Waals surface area contributed by atoms with E-state index in [1.165, 1.54) is 9.80 Å². The number of rotatable bonds is 2. The van der Waals surface area contributed by atoms with Gasteiger partial charge in [-0.2, -0.15) is 0 Å². The van der Waals surface area contributed by atoms with Gasteiger partial charge in [-0.1, -0.05) is 41.8 Å². The van der Waals surface area contributed by atoms with Crippen molar-refractivity contribution in [2.45, 2.75) is 18.5 Å². The molecular weight excluding hydrogens is 402 g/mol. The number of hydrogen-bond donors (Lipinski definition) is 1. The summed E-state index contributed by atoms with van der Waals surface area (Å²) in [5.41, 5.74) is 0.437. The Balaban J connectivity index is 1.68. The third-order valence-electron chi connectivity index (χ3n) is 6.33. The van der Waals surface area contributed by atoms with Gasteiger partial charge in [0.2, 0.25) is 11.8 Å². The summed E-state index contributed by atoms with van der Waals surface area (Å²) in [6.45, 7) is 1.92. The lowest BCUT2D eigenvalue weighted by atomic mass is 9.76. The highest BCUT2D eigenvalue weighted by molar-refractivity contribution is 6.31. The third-order valence-corrected chi connectivity index (χ3v) is 6.56. The van der Waals surface area contributed by atoms with Gasteiger partial charge in [0.1, 0.15) is 5.54 Å². The summed E-state index contributed by atoms with van der Waals surface area (Å²) >= 11 is 6.09. The zero-order valence-electron chi connectivity index (χ0n) is 16.1. The van der Waals surface area contributed by atoms with E-state index in [4.69, 9.17) is 18.0 Å². The minimum Gasteiger partial charge on any atom is -0.298 e. The molecule has 3 aliphatic heterocycles. The first kappa shape index (κ1) is 18.9. The van der Waals surface area contributed by atoms with Crippen molar-refractivity contribution in [3.05, 3.63) is 59.1 Å². The molecule has 4 atom stereocenters. The second-order valence-corrected chi connectivity index (χ2v) is 8.29. The van der Waals surface area contributed by atoms with Crippen LogP contribution in [0.4, 0.5) is 11.4 Å². The number of fused-ring (bicyclic) bond motifs is 4. The number of carbonyl (C=O) groups is 3. The maximum Gasteiger partial charge on any atom is 0.253 e. The van der Waals surface area contributed by atoms with Crippen LogP contribution in [-0.4, -0.2) is 30.3 Å². The van der Waals surface area contributed by atoms with Crippen LogP contribution in [0.5, 0.6) is 0 Å². The van der Waals surface area contributed by atoms with E-state index in [1.807, 2.05) is 31.2 Å². The van der Waals surface area contributed by atoms with Crippen molar-refractivity contribution in [1.29, 1.82) is 0 Å². The quantitative estimate of drug-likeness (QED) is 0.599. The van der Waals surface area contributed by atoms with Gasteiger partial charge in [0.05, 0.1) is 29.8 Å². The molecule has 0 bridgehead atoms. The Bertz CT molecular complexity index is 1160. The van der Waals surface area contributed by atoms with Crippen molar-refractivity contribution >= 4 is 40.7 Å². The molecule has 2 fully saturated rings. The molecule has 6 nitrogen and oxygen atoms in total. The molecule has 0 unspecified atom stereocenters. The molecule has 150 valence electrons. The summed E-state index contributed by atoms with van der Waals surface area (Å²) in [6, 6.07) is 13.5. The van der Waals surface area contributed by atoms with Gasteiger partial charge in [-0.25, -0.2) is 4.90 Å². The molecule has 0 aromatic heterocycles. The average Bonchev–Trinajstić information content (AvgIpc) is 3.27. The van der Waals surface area contributed by atoms with Crippen LogP contribution in [0.25, 0.3) is 0 Å². The van der Waals surface area contributed by atoms with E-state index >= 15 is 0 Å². The lowest BCUT2D eigenvalue weighted by Gasteiger charge is -2.30. The maximum absolute atomic E-state index is 13.7. The number of amides is 3. The van der Waals surface area contributed by atoms with E-state index in [2.05, 4.69) is 11.2 Å². The Hall–Kier alpha value is -3.14. The zero-order valence-corrected chi connectivity index (χ0v) is 16.9. The van der Waals surface area contributed by atoms with E-state index in [-0.39, 0.29) is 24.4 Å². The molecule has 2 aromatic rings. The molecule has 1 spiro atoms. The Labute approximate surface area is 178 Å². The van der Waals surface area contributed by atoms with Gasteiger partial charge in [0.25, 0.3) is 5.91 Å². The average molecular weight is 420 g/mol. The van der Waals surface area contributed by atoms with Crippen molar-refractivity contribution in [2.75, 3.05) is 16.3 Å². The molecule has 3 heterocycles. The minimum atomic E-state index is -1.32. The Morgan fingerprint density at radius 3 is 2.63 bits per heavy atom. The monoisotopic (exact) mass is 419 g/mol. The number of anilines is 2. The topological polar surface area (TPSA) is 69.7 Å². The number of hydrogen-bond acceptors (Lipinski definition) is 4. The number of imide groups is 1. The first-order valence-corrected chi connectivity index (χ1v) is 10.1. The number of terminal acetylenes is 1. The third kappa shape index (κ3) is 2.22. The van der Waals surface area contributed by atoms with Gasteiger partial charge in [-0.3, -0.25) is 24.6 Å². The summed E-state index contributed by atoms with van der Waals surface area (Å²) in [5.74, 6) is -0.0459. The van der Waals surface area contributed by atoms with Gasteiger partial charge in [-0.05, 0) is 31.2 Å². The number of halogens is 1. The molecule has 2 aromatic carbocycles. The lowest BCUT2D eigenvalue weighted by molar-refractivity contribution is -0.132. The van der Waals surface area contributed by atoms with Gasteiger partial charge in [-0.15, -0.1) is 6.42 Å². The molecule has 5 rings (SSSR count). The van der Waals surface area contributed by atoms with Gasteiger partial charge in [0, 0.05) is 16.6 Å². The predicted octanol–water partition coefficient (Wildman–Crippen LogP) is 2.31. The second kappa shape index (κ2) is 6.43. The van der Waals surface area contributed by atoms with E-state index < -0.39 is 23.3 Å². The van der Waals surface area contributed by atoms with Crippen LogP contribution in [0.1, 0.15) is 12.5 Å². The van der Waals surface area contributed by atoms with Gasteiger partial charge in [0.15, 0.2) is 0 Å². The maximum atomic E-state index is 13.7. The van der Waals surface area contributed by atoms with Crippen LogP contribution >= 0.6 is 11.6 Å². The smallest absolute Gasteiger partial charge is 0.253 e. The first-order chi connectivity index (χ1) is 14.4. The van der Waals surface area contributed by atoms with Crippen molar-refractivity contribution in [2.24, 2.45) is 11.8 Å². The molecule has 3 aliphatic rings. The van der Waals surface area contributed by atoms with Crippen LogP contribution in [0.3, 0.4) is 0 Å². The van der Waals surface area contributed by atoms with Crippen LogP contribution in [0, 0.1) is 24.2 Å².